The molecule has 1 saturated carbocycles. The maximum atomic E-state index is 14.2. The fraction of sp³-hybridized carbons (Fsp3) is 0.647. The van der Waals surface area contributed by atoms with E-state index in [1.807, 2.05) is 6.07 Å². The van der Waals surface area contributed by atoms with E-state index in [9.17, 15) is 4.39 Å². The van der Waals surface area contributed by atoms with Crippen molar-refractivity contribution in [2.24, 2.45) is 5.92 Å². The molecule has 2 unspecified atom stereocenters. The molecule has 1 heterocycles. The number of nitrogens with zero attached hydrogens (tertiary/aromatic N) is 1. The van der Waals surface area contributed by atoms with Gasteiger partial charge in [-0.15, -0.1) is 0 Å². The Labute approximate surface area is 121 Å². The van der Waals surface area contributed by atoms with Crippen molar-refractivity contribution < 1.29 is 4.39 Å². The third-order valence-electron chi connectivity index (χ3n) is 4.95. The van der Waals surface area contributed by atoms with Crippen molar-refractivity contribution in [1.29, 1.82) is 0 Å². The molecule has 1 aliphatic heterocycles. The van der Waals surface area contributed by atoms with E-state index in [-0.39, 0.29) is 5.82 Å². The summed E-state index contributed by atoms with van der Waals surface area (Å²) in [5.41, 5.74) is 1.98. The molecule has 0 amide bonds. The molecule has 0 bridgehead atoms. The first-order chi connectivity index (χ1) is 9.81. The molecule has 2 aliphatic rings. The van der Waals surface area contributed by atoms with Crippen LogP contribution in [0.15, 0.2) is 18.2 Å². The van der Waals surface area contributed by atoms with Crippen molar-refractivity contribution in [1.82, 2.24) is 5.32 Å². The van der Waals surface area contributed by atoms with E-state index in [1.54, 1.807) is 6.07 Å². The van der Waals surface area contributed by atoms with Gasteiger partial charge in [0.15, 0.2) is 0 Å². The van der Waals surface area contributed by atoms with Crippen molar-refractivity contribution in [3.63, 3.8) is 0 Å². The molecule has 3 heteroatoms. The highest BCUT2D eigenvalue weighted by atomic mass is 19.1. The van der Waals surface area contributed by atoms with E-state index in [2.05, 4.69) is 23.2 Å². The number of hydrogen-bond acceptors (Lipinski definition) is 2. The zero-order valence-corrected chi connectivity index (χ0v) is 12.4. The Balaban J connectivity index is 1.90. The number of piperidine rings is 1. The molecule has 1 N–H and O–H groups in total. The first-order valence-corrected chi connectivity index (χ1v) is 8.06. The van der Waals surface area contributed by atoms with Crippen LogP contribution in [0.25, 0.3) is 0 Å². The quantitative estimate of drug-likeness (QED) is 0.902. The second-order valence-electron chi connectivity index (χ2n) is 6.11. The van der Waals surface area contributed by atoms with Gasteiger partial charge < -0.3 is 10.2 Å². The van der Waals surface area contributed by atoms with Crippen LogP contribution in [0, 0.1) is 11.7 Å². The zero-order chi connectivity index (χ0) is 13.9. The van der Waals surface area contributed by atoms with E-state index in [4.69, 9.17) is 0 Å². The summed E-state index contributed by atoms with van der Waals surface area (Å²) in [6.45, 7) is 4.66. The highest BCUT2D eigenvalue weighted by molar-refractivity contribution is 5.55. The molecule has 3 rings (SSSR count). The SMILES string of the molecule is CCNCc1c(F)cccc1N1CCCC2CCCC21. The second kappa shape index (κ2) is 6.13. The lowest BCUT2D eigenvalue weighted by Gasteiger charge is -2.40. The Bertz CT molecular complexity index is 460. The minimum atomic E-state index is -0.0661. The van der Waals surface area contributed by atoms with Crippen LogP contribution in [-0.4, -0.2) is 19.1 Å². The van der Waals surface area contributed by atoms with Crippen molar-refractivity contribution in [3.05, 3.63) is 29.6 Å². The van der Waals surface area contributed by atoms with E-state index in [1.165, 1.54) is 32.1 Å². The normalized spacial score (nSPS) is 25.8. The third kappa shape index (κ3) is 2.56. The van der Waals surface area contributed by atoms with Gasteiger partial charge >= 0.3 is 0 Å². The number of fused-ring (bicyclic) bond motifs is 1. The van der Waals surface area contributed by atoms with Gasteiger partial charge in [-0.05, 0) is 50.3 Å². The average molecular weight is 276 g/mol. The van der Waals surface area contributed by atoms with Crippen LogP contribution in [0.4, 0.5) is 10.1 Å². The predicted octanol–water partition coefficient (Wildman–Crippen LogP) is 3.70. The third-order valence-corrected chi connectivity index (χ3v) is 4.95. The highest BCUT2D eigenvalue weighted by Gasteiger charge is 2.35. The zero-order valence-electron chi connectivity index (χ0n) is 12.4. The van der Waals surface area contributed by atoms with Gasteiger partial charge in [-0.3, -0.25) is 0 Å². The molecular weight excluding hydrogens is 251 g/mol. The summed E-state index contributed by atoms with van der Waals surface area (Å²) in [4.78, 5) is 2.50. The summed E-state index contributed by atoms with van der Waals surface area (Å²) in [6.07, 6.45) is 6.59. The fourth-order valence-electron chi connectivity index (χ4n) is 3.99. The maximum Gasteiger partial charge on any atom is 0.129 e. The summed E-state index contributed by atoms with van der Waals surface area (Å²) >= 11 is 0. The van der Waals surface area contributed by atoms with Crippen LogP contribution >= 0.6 is 0 Å². The van der Waals surface area contributed by atoms with Crippen LogP contribution in [-0.2, 0) is 6.54 Å². The maximum absolute atomic E-state index is 14.2. The van der Waals surface area contributed by atoms with E-state index in [0.29, 0.717) is 12.6 Å². The minimum Gasteiger partial charge on any atom is -0.368 e. The lowest BCUT2D eigenvalue weighted by Crippen LogP contribution is -2.43. The van der Waals surface area contributed by atoms with Gasteiger partial charge in [-0.2, -0.15) is 0 Å². The number of nitrogens with one attached hydrogen (secondary N) is 1. The first-order valence-electron chi connectivity index (χ1n) is 8.06. The Morgan fingerprint density at radius 1 is 1.25 bits per heavy atom. The molecule has 2 fully saturated rings. The molecule has 1 aromatic rings. The predicted molar refractivity (Wildman–Crippen MR) is 81.5 cm³/mol. The van der Waals surface area contributed by atoms with Gasteiger partial charge in [0.2, 0.25) is 0 Å². The van der Waals surface area contributed by atoms with Crippen LogP contribution in [0.2, 0.25) is 0 Å². The topological polar surface area (TPSA) is 15.3 Å². The molecule has 1 aliphatic carbocycles. The molecule has 0 radical (unpaired) electrons. The summed E-state index contributed by atoms with van der Waals surface area (Å²) in [5.74, 6) is 0.766. The average Bonchev–Trinajstić information content (AvgIpc) is 2.94. The molecule has 1 saturated heterocycles. The molecule has 0 spiro atoms. The summed E-state index contributed by atoms with van der Waals surface area (Å²) < 4.78 is 14.2. The van der Waals surface area contributed by atoms with Crippen molar-refractivity contribution in [2.45, 2.75) is 51.6 Å². The van der Waals surface area contributed by atoms with Gasteiger partial charge in [-0.25, -0.2) is 4.39 Å². The molecule has 20 heavy (non-hydrogen) atoms. The van der Waals surface area contributed by atoms with Gasteiger partial charge in [0.05, 0.1) is 0 Å². The summed E-state index contributed by atoms with van der Waals surface area (Å²) in [6, 6.07) is 6.20. The Morgan fingerprint density at radius 3 is 2.95 bits per heavy atom. The fourth-order valence-corrected chi connectivity index (χ4v) is 3.99. The lowest BCUT2D eigenvalue weighted by molar-refractivity contribution is 0.361. The largest absolute Gasteiger partial charge is 0.368 e. The van der Waals surface area contributed by atoms with E-state index >= 15 is 0 Å². The van der Waals surface area contributed by atoms with Crippen molar-refractivity contribution >= 4 is 5.69 Å². The van der Waals surface area contributed by atoms with Crippen molar-refractivity contribution in [3.8, 4) is 0 Å². The Kier molecular flexibility index (Phi) is 4.25. The lowest BCUT2D eigenvalue weighted by atomic mass is 9.91. The monoisotopic (exact) mass is 276 g/mol. The van der Waals surface area contributed by atoms with E-state index < -0.39 is 0 Å². The molecule has 1 aromatic carbocycles. The van der Waals surface area contributed by atoms with Gasteiger partial charge in [0.25, 0.3) is 0 Å². The Morgan fingerprint density at radius 2 is 2.10 bits per heavy atom. The summed E-state index contributed by atoms with van der Waals surface area (Å²) in [7, 11) is 0. The van der Waals surface area contributed by atoms with Gasteiger partial charge in [0.1, 0.15) is 5.82 Å². The standard InChI is InChI=1S/C17H25FN2/c1-2-19-12-14-15(18)8-4-10-17(14)20-11-5-7-13-6-3-9-16(13)20/h4,8,10,13,16,19H,2-3,5-7,9,11-12H2,1H3. The van der Waals surface area contributed by atoms with Crippen LogP contribution < -0.4 is 10.2 Å². The molecule has 110 valence electrons. The number of halogens is 1. The number of anilines is 1. The smallest absolute Gasteiger partial charge is 0.129 e. The molecule has 2 nitrogen and oxygen atoms in total. The number of benzene rings is 1. The van der Waals surface area contributed by atoms with Crippen LogP contribution in [0.1, 0.15) is 44.6 Å². The number of hydrogen-bond donors (Lipinski definition) is 1. The molecular formula is C17H25FN2. The van der Waals surface area contributed by atoms with Crippen LogP contribution in [0.3, 0.4) is 0 Å². The van der Waals surface area contributed by atoms with Crippen molar-refractivity contribution in [2.75, 3.05) is 18.0 Å². The minimum absolute atomic E-state index is 0.0661. The summed E-state index contributed by atoms with van der Waals surface area (Å²) in [5, 5.41) is 3.28. The molecule has 2 atom stereocenters. The number of rotatable bonds is 4. The van der Waals surface area contributed by atoms with Crippen LogP contribution in [0.5, 0.6) is 0 Å². The van der Waals surface area contributed by atoms with Gasteiger partial charge in [0, 0.05) is 30.4 Å². The highest BCUT2D eigenvalue weighted by Crippen LogP contribution is 2.40. The molecule has 0 aromatic heterocycles. The Hall–Kier alpha value is -1.09. The first kappa shape index (κ1) is 13.9. The van der Waals surface area contributed by atoms with Gasteiger partial charge in [-0.1, -0.05) is 19.4 Å². The van der Waals surface area contributed by atoms with E-state index in [0.717, 1.165) is 30.3 Å². The second-order valence-corrected chi connectivity index (χ2v) is 6.11.